The molecule has 2 saturated heterocycles. The zero-order chi connectivity index (χ0) is 16.8. The number of carbonyl (C=O) groups excluding carboxylic acids is 1. The van der Waals surface area contributed by atoms with Crippen molar-refractivity contribution in [3.63, 3.8) is 0 Å². The Morgan fingerprint density at radius 1 is 1.21 bits per heavy atom. The van der Waals surface area contributed by atoms with Crippen LogP contribution in [0.1, 0.15) is 19.3 Å². The molecule has 0 bridgehead atoms. The molecule has 0 radical (unpaired) electrons. The quantitative estimate of drug-likeness (QED) is 0.907. The molecule has 2 amide bonds. The van der Waals surface area contributed by atoms with Crippen LogP contribution in [0.3, 0.4) is 0 Å². The number of urea groups is 1. The second-order valence-corrected chi connectivity index (χ2v) is 7.59. The van der Waals surface area contributed by atoms with Crippen molar-refractivity contribution in [2.45, 2.75) is 25.3 Å². The zero-order valence-corrected chi connectivity index (χ0v) is 15.2. The summed E-state index contributed by atoms with van der Waals surface area (Å²) in [5.74, 6) is 2.97. The smallest absolute Gasteiger partial charge is 0.322 e. The summed E-state index contributed by atoms with van der Waals surface area (Å²) in [5.41, 5.74) is 0.817. The van der Waals surface area contributed by atoms with Crippen LogP contribution < -0.4 is 10.1 Å². The van der Waals surface area contributed by atoms with Crippen molar-refractivity contribution in [2.24, 2.45) is 0 Å². The van der Waals surface area contributed by atoms with E-state index in [9.17, 15) is 4.79 Å². The van der Waals surface area contributed by atoms with Crippen molar-refractivity contribution < 1.29 is 9.53 Å². The lowest BCUT2D eigenvalue weighted by Gasteiger charge is -2.32. The van der Waals surface area contributed by atoms with Crippen LogP contribution in [0.4, 0.5) is 10.5 Å². The van der Waals surface area contributed by atoms with Gasteiger partial charge in [0.05, 0.1) is 13.2 Å². The predicted molar refractivity (Wildman–Crippen MR) is 100 cm³/mol. The van der Waals surface area contributed by atoms with Gasteiger partial charge in [0.15, 0.2) is 0 Å². The first-order chi connectivity index (χ1) is 11.8. The van der Waals surface area contributed by atoms with Gasteiger partial charge in [0.2, 0.25) is 0 Å². The van der Waals surface area contributed by atoms with Gasteiger partial charge in [-0.15, -0.1) is 0 Å². The largest absolute Gasteiger partial charge is 0.497 e. The van der Waals surface area contributed by atoms with E-state index in [1.54, 1.807) is 7.11 Å². The Kier molecular flexibility index (Phi) is 6.26. The number of nitrogens with one attached hydrogen (secondary N) is 1. The Labute approximate surface area is 148 Å². The van der Waals surface area contributed by atoms with Crippen LogP contribution in [0.15, 0.2) is 24.3 Å². The molecule has 1 aromatic carbocycles. The van der Waals surface area contributed by atoms with E-state index < -0.39 is 0 Å². The third-order valence-corrected chi connectivity index (χ3v) is 5.91. The number of benzene rings is 1. The summed E-state index contributed by atoms with van der Waals surface area (Å²) >= 11 is 1.97. The molecule has 6 heteroatoms. The molecule has 0 spiro atoms. The number of amides is 2. The van der Waals surface area contributed by atoms with Gasteiger partial charge in [-0.05, 0) is 62.4 Å². The molecular weight excluding hydrogens is 322 g/mol. The van der Waals surface area contributed by atoms with Crippen LogP contribution in [0, 0.1) is 0 Å². The van der Waals surface area contributed by atoms with Crippen molar-refractivity contribution in [3.05, 3.63) is 24.3 Å². The minimum Gasteiger partial charge on any atom is -0.497 e. The molecule has 24 heavy (non-hydrogen) atoms. The number of methoxy groups -OCH3 is 1. The predicted octanol–water partition coefficient (Wildman–Crippen LogP) is 3.13. The lowest BCUT2D eigenvalue weighted by atomic mass is 10.2. The van der Waals surface area contributed by atoms with Crippen LogP contribution in [0.5, 0.6) is 5.75 Å². The molecule has 0 unspecified atom stereocenters. The van der Waals surface area contributed by atoms with E-state index in [1.807, 2.05) is 40.9 Å². The maximum absolute atomic E-state index is 12.8. The summed E-state index contributed by atoms with van der Waals surface area (Å²) < 4.78 is 5.17. The van der Waals surface area contributed by atoms with Gasteiger partial charge >= 0.3 is 6.03 Å². The summed E-state index contributed by atoms with van der Waals surface area (Å²) in [7, 11) is 1.64. The van der Waals surface area contributed by atoms with Crippen LogP contribution in [-0.2, 0) is 0 Å². The average Bonchev–Trinajstić information content (AvgIpc) is 3.00. The lowest BCUT2D eigenvalue weighted by molar-refractivity contribution is 0.173. The van der Waals surface area contributed by atoms with Crippen LogP contribution in [-0.4, -0.2) is 66.7 Å². The first kappa shape index (κ1) is 17.4. The Morgan fingerprint density at radius 3 is 2.67 bits per heavy atom. The third-order valence-electron chi connectivity index (χ3n) is 4.71. The lowest BCUT2D eigenvalue weighted by Crippen LogP contribution is -2.49. The first-order valence-electron chi connectivity index (χ1n) is 8.78. The monoisotopic (exact) mass is 349 g/mol. The van der Waals surface area contributed by atoms with Gasteiger partial charge in [-0.1, -0.05) is 0 Å². The number of carbonyl (C=O) groups is 1. The highest BCUT2D eigenvalue weighted by molar-refractivity contribution is 7.99. The van der Waals surface area contributed by atoms with Crippen LogP contribution in [0.25, 0.3) is 0 Å². The van der Waals surface area contributed by atoms with Crippen molar-refractivity contribution in [2.75, 3.05) is 50.1 Å². The highest BCUT2D eigenvalue weighted by atomic mass is 32.2. The molecular formula is C18H27N3O2S. The highest BCUT2D eigenvalue weighted by Crippen LogP contribution is 2.21. The number of nitrogens with zero attached hydrogens (tertiary/aromatic N) is 2. The SMILES string of the molecule is COc1ccc(NC(=O)N2CCCSC[C@@H]2CN2CCCC2)cc1. The second kappa shape index (κ2) is 8.62. The van der Waals surface area contributed by atoms with E-state index in [4.69, 9.17) is 4.74 Å². The zero-order valence-electron chi connectivity index (χ0n) is 14.4. The molecule has 1 N–H and O–H groups in total. The number of hydrogen-bond donors (Lipinski definition) is 1. The molecule has 2 aliphatic rings. The van der Waals surface area contributed by atoms with Gasteiger partial charge in [0, 0.05) is 24.5 Å². The second-order valence-electron chi connectivity index (χ2n) is 6.44. The topological polar surface area (TPSA) is 44.8 Å². The number of anilines is 1. The number of ether oxygens (including phenoxy) is 1. The maximum atomic E-state index is 12.8. The molecule has 2 fully saturated rings. The molecule has 0 aliphatic carbocycles. The summed E-state index contributed by atoms with van der Waals surface area (Å²) in [6.07, 6.45) is 3.65. The molecule has 132 valence electrons. The summed E-state index contributed by atoms with van der Waals surface area (Å²) in [4.78, 5) is 17.4. The molecule has 0 saturated carbocycles. The summed E-state index contributed by atoms with van der Waals surface area (Å²) in [6.45, 7) is 4.20. The van der Waals surface area contributed by atoms with Crippen molar-refractivity contribution in [1.29, 1.82) is 0 Å². The van der Waals surface area contributed by atoms with Gasteiger partial charge in [0.1, 0.15) is 5.75 Å². The molecule has 2 heterocycles. The molecule has 0 aromatic heterocycles. The standard InChI is InChI=1S/C18H27N3O2S/c1-23-17-7-5-15(6-8-17)19-18(22)21-11-4-12-24-14-16(21)13-20-9-2-3-10-20/h5-8,16H,2-4,9-14H2,1H3,(H,19,22)/t16-/m0/s1. The molecule has 1 aromatic rings. The van der Waals surface area contributed by atoms with Crippen LogP contribution in [0.2, 0.25) is 0 Å². The van der Waals surface area contributed by atoms with E-state index in [-0.39, 0.29) is 6.03 Å². The summed E-state index contributed by atoms with van der Waals surface area (Å²) in [6, 6.07) is 7.84. The van der Waals surface area contributed by atoms with Gasteiger partial charge in [-0.3, -0.25) is 0 Å². The minimum absolute atomic E-state index is 0.0202. The molecule has 2 aliphatic heterocycles. The maximum Gasteiger partial charge on any atom is 0.322 e. The number of hydrogen-bond acceptors (Lipinski definition) is 4. The minimum atomic E-state index is 0.0202. The fraction of sp³-hybridized carbons (Fsp3) is 0.611. The normalized spacial score (nSPS) is 22.2. The van der Waals surface area contributed by atoms with E-state index in [0.29, 0.717) is 6.04 Å². The van der Waals surface area contributed by atoms with Gasteiger partial charge < -0.3 is 19.9 Å². The average molecular weight is 350 g/mol. The van der Waals surface area contributed by atoms with E-state index in [0.717, 1.165) is 42.5 Å². The highest BCUT2D eigenvalue weighted by Gasteiger charge is 2.28. The van der Waals surface area contributed by atoms with Crippen molar-refractivity contribution in [1.82, 2.24) is 9.80 Å². The van der Waals surface area contributed by atoms with E-state index in [1.165, 1.54) is 25.9 Å². The Hall–Kier alpha value is -1.40. The van der Waals surface area contributed by atoms with Gasteiger partial charge in [-0.25, -0.2) is 4.79 Å². The van der Waals surface area contributed by atoms with E-state index in [2.05, 4.69) is 10.2 Å². The fourth-order valence-corrected chi connectivity index (χ4v) is 4.44. The fourth-order valence-electron chi connectivity index (χ4n) is 3.38. The van der Waals surface area contributed by atoms with Crippen molar-refractivity contribution >= 4 is 23.5 Å². The Morgan fingerprint density at radius 2 is 1.96 bits per heavy atom. The molecule has 1 atom stereocenters. The number of likely N-dealkylation sites (tertiary alicyclic amines) is 1. The first-order valence-corrected chi connectivity index (χ1v) is 9.93. The summed E-state index contributed by atoms with van der Waals surface area (Å²) in [5, 5.41) is 3.05. The van der Waals surface area contributed by atoms with Gasteiger partial charge in [0.25, 0.3) is 0 Å². The Balaban J connectivity index is 1.64. The third kappa shape index (κ3) is 4.57. The van der Waals surface area contributed by atoms with Crippen LogP contribution >= 0.6 is 11.8 Å². The molecule has 5 nitrogen and oxygen atoms in total. The number of thioether (sulfide) groups is 1. The van der Waals surface area contributed by atoms with Gasteiger partial charge in [-0.2, -0.15) is 11.8 Å². The molecule has 3 rings (SSSR count). The Bertz CT molecular complexity index is 532. The van der Waals surface area contributed by atoms with E-state index >= 15 is 0 Å². The number of rotatable bonds is 4. The van der Waals surface area contributed by atoms with Crippen molar-refractivity contribution in [3.8, 4) is 5.75 Å².